The first kappa shape index (κ1) is 15.9. The van der Waals surface area contributed by atoms with E-state index in [9.17, 15) is 0 Å². The van der Waals surface area contributed by atoms with Crippen molar-refractivity contribution in [2.45, 2.75) is 66.2 Å². The van der Waals surface area contributed by atoms with E-state index in [2.05, 4.69) is 51.8 Å². The summed E-state index contributed by atoms with van der Waals surface area (Å²) in [5.41, 5.74) is 0.331. The van der Waals surface area contributed by atoms with Crippen LogP contribution in [-0.4, -0.2) is 49.3 Å². The molecule has 0 aromatic heterocycles. The molecule has 1 rings (SSSR count). The van der Waals surface area contributed by atoms with Gasteiger partial charge in [-0.05, 0) is 32.2 Å². The average Bonchev–Trinajstić information content (AvgIpc) is 2.27. The maximum atomic E-state index is 5.68. The van der Waals surface area contributed by atoms with E-state index < -0.39 is 0 Å². The standard InChI is InChI=1S/C15H32N2O/c1-7-16-14(15(4,5)6)8-9-17-10-13(3)18-11-12(17)2/h12-14,16H,7-11H2,1-6H3. The van der Waals surface area contributed by atoms with Gasteiger partial charge in [0.15, 0.2) is 0 Å². The average molecular weight is 256 g/mol. The first-order valence-corrected chi connectivity index (χ1v) is 7.43. The number of morpholine rings is 1. The van der Waals surface area contributed by atoms with Crippen LogP contribution < -0.4 is 5.32 Å². The summed E-state index contributed by atoms with van der Waals surface area (Å²) in [4.78, 5) is 2.57. The van der Waals surface area contributed by atoms with Crippen molar-refractivity contribution >= 4 is 0 Å². The molecule has 3 atom stereocenters. The summed E-state index contributed by atoms with van der Waals surface area (Å²) in [5.74, 6) is 0. The topological polar surface area (TPSA) is 24.5 Å². The molecule has 0 aromatic carbocycles. The van der Waals surface area contributed by atoms with Gasteiger partial charge in [-0.25, -0.2) is 0 Å². The second kappa shape index (κ2) is 6.88. The highest BCUT2D eigenvalue weighted by atomic mass is 16.5. The highest BCUT2D eigenvalue weighted by Crippen LogP contribution is 2.23. The third kappa shape index (κ3) is 4.87. The van der Waals surface area contributed by atoms with E-state index in [4.69, 9.17) is 4.74 Å². The predicted molar refractivity (Wildman–Crippen MR) is 78.0 cm³/mol. The predicted octanol–water partition coefficient (Wildman–Crippen LogP) is 2.51. The summed E-state index contributed by atoms with van der Waals surface area (Å²) in [6.07, 6.45) is 1.60. The van der Waals surface area contributed by atoms with Gasteiger partial charge in [0.2, 0.25) is 0 Å². The Kier molecular flexibility index (Phi) is 6.09. The van der Waals surface area contributed by atoms with Gasteiger partial charge in [-0.3, -0.25) is 4.90 Å². The molecule has 0 aliphatic carbocycles. The van der Waals surface area contributed by atoms with E-state index in [0.29, 0.717) is 23.6 Å². The maximum Gasteiger partial charge on any atom is 0.0674 e. The molecular formula is C15H32N2O. The Morgan fingerprint density at radius 2 is 2.00 bits per heavy atom. The Morgan fingerprint density at radius 1 is 1.33 bits per heavy atom. The van der Waals surface area contributed by atoms with Crippen molar-refractivity contribution in [3.05, 3.63) is 0 Å². The molecule has 1 fully saturated rings. The van der Waals surface area contributed by atoms with Crippen LogP contribution >= 0.6 is 0 Å². The molecule has 0 radical (unpaired) electrons. The van der Waals surface area contributed by atoms with E-state index in [1.165, 1.54) is 13.0 Å². The molecule has 0 amide bonds. The van der Waals surface area contributed by atoms with Crippen molar-refractivity contribution in [1.29, 1.82) is 0 Å². The largest absolute Gasteiger partial charge is 0.376 e. The van der Waals surface area contributed by atoms with Crippen molar-refractivity contribution in [2.75, 3.05) is 26.2 Å². The van der Waals surface area contributed by atoms with Crippen molar-refractivity contribution in [1.82, 2.24) is 10.2 Å². The SMILES string of the molecule is CCNC(CCN1CC(C)OCC1C)C(C)(C)C. The Labute approximate surface area is 113 Å². The molecule has 3 nitrogen and oxygen atoms in total. The summed E-state index contributed by atoms with van der Waals surface area (Å²) in [7, 11) is 0. The molecule has 1 saturated heterocycles. The lowest BCUT2D eigenvalue weighted by atomic mass is 9.84. The van der Waals surface area contributed by atoms with Gasteiger partial charge in [0.25, 0.3) is 0 Å². The number of ether oxygens (including phenoxy) is 1. The minimum Gasteiger partial charge on any atom is -0.376 e. The molecule has 1 heterocycles. The smallest absolute Gasteiger partial charge is 0.0674 e. The molecular weight excluding hydrogens is 224 g/mol. The zero-order valence-electron chi connectivity index (χ0n) is 13.1. The van der Waals surface area contributed by atoms with Gasteiger partial charge in [0.1, 0.15) is 0 Å². The second-order valence-electron chi connectivity index (χ2n) is 6.75. The lowest BCUT2D eigenvalue weighted by Gasteiger charge is -2.39. The molecule has 0 aromatic rings. The summed E-state index contributed by atoms with van der Waals surface area (Å²) in [6.45, 7) is 17.8. The zero-order valence-corrected chi connectivity index (χ0v) is 13.1. The van der Waals surface area contributed by atoms with Gasteiger partial charge in [0, 0.05) is 25.2 Å². The molecule has 18 heavy (non-hydrogen) atoms. The summed E-state index contributed by atoms with van der Waals surface area (Å²) in [5, 5.41) is 3.63. The van der Waals surface area contributed by atoms with Gasteiger partial charge < -0.3 is 10.1 Å². The fourth-order valence-electron chi connectivity index (χ4n) is 2.67. The van der Waals surface area contributed by atoms with Crippen LogP contribution in [0.25, 0.3) is 0 Å². The van der Waals surface area contributed by atoms with Crippen LogP contribution in [0.1, 0.15) is 48.0 Å². The Hall–Kier alpha value is -0.120. The number of nitrogens with zero attached hydrogens (tertiary/aromatic N) is 1. The third-order valence-electron chi connectivity index (χ3n) is 3.94. The van der Waals surface area contributed by atoms with E-state index in [1.807, 2.05) is 0 Å². The van der Waals surface area contributed by atoms with E-state index in [0.717, 1.165) is 19.7 Å². The van der Waals surface area contributed by atoms with Crippen LogP contribution in [-0.2, 0) is 4.74 Å². The van der Waals surface area contributed by atoms with Gasteiger partial charge in [0.05, 0.1) is 12.7 Å². The van der Waals surface area contributed by atoms with E-state index >= 15 is 0 Å². The molecule has 0 saturated carbocycles. The van der Waals surface area contributed by atoms with Gasteiger partial charge >= 0.3 is 0 Å². The third-order valence-corrected chi connectivity index (χ3v) is 3.94. The molecule has 0 bridgehead atoms. The number of hydrogen-bond acceptors (Lipinski definition) is 3. The highest BCUT2D eigenvalue weighted by Gasteiger charge is 2.27. The van der Waals surface area contributed by atoms with Gasteiger partial charge in [-0.15, -0.1) is 0 Å². The second-order valence-corrected chi connectivity index (χ2v) is 6.75. The summed E-state index contributed by atoms with van der Waals surface area (Å²) < 4.78 is 5.68. The summed E-state index contributed by atoms with van der Waals surface area (Å²) >= 11 is 0. The van der Waals surface area contributed by atoms with Crippen LogP contribution in [0.2, 0.25) is 0 Å². The van der Waals surface area contributed by atoms with Gasteiger partial charge in [-0.1, -0.05) is 27.7 Å². The van der Waals surface area contributed by atoms with Crippen molar-refractivity contribution in [2.24, 2.45) is 5.41 Å². The van der Waals surface area contributed by atoms with Crippen molar-refractivity contribution < 1.29 is 4.74 Å². The Bertz CT molecular complexity index is 237. The fraction of sp³-hybridized carbons (Fsp3) is 1.00. The van der Waals surface area contributed by atoms with E-state index in [1.54, 1.807) is 0 Å². The Morgan fingerprint density at radius 3 is 2.56 bits per heavy atom. The van der Waals surface area contributed by atoms with Crippen LogP contribution in [0.5, 0.6) is 0 Å². The fourth-order valence-corrected chi connectivity index (χ4v) is 2.67. The molecule has 1 N–H and O–H groups in total. The summed E-state index contributed by atoms with van der Waals surface area (Å²) in [6, 6.07) is 1.15. The van der Waals surface area contributed by atoms with Crippen LogP contribution in [0.3, 0.4) is 0 Å². The van der Waals surface area contributed by atoms with Crippen LogP contribution in [0.15, 0.2) is 0 Å². The lowest BCUT2D eigenvalue weighted by molar-refractivity contribution is -0.0511. The minimum atomic E-state index is 0.331. The zero-order chi connectivity index (χ0) is 13.8. The van der Waals surface area contributed by atoms with Crippen molar-refractivity contribution in [3.8, 4) is 0 Å². The normalized spacial score (nSPS) is 28.3. The first-order valence-electron chi connectivity index (χ1n) is 7.43. The monoisotopic (exact) mass is 256 g/mol. The molecule has 3 heteroatoms. The molecule has 1 aliphatic rings. The van der Waals surface area contributed by atoms with Crippen LogP contribution in [0, 0.1) is 5.41 Å². The molecule has 1 aliphatic heterocycles. The van der Waals surface area contributed by atoms with Crippen LogP contribution in [0.4, 0.5) is 0 Å². The quantitative estimate of drug-likeness (QED) is 0.818. The number of nitrogens with one attached hydrogen (secondary N) is 1. The maximum absolute atomic E-state index is 5.68. The van der Waals surface area contributed by atoms with Gasteiger partial charge in [-0.2, -0.15) is 0 Å². The Balaban J connectivity index is 2.45. The molecule has 108 valence electrons. The molecule has 0 spiro atoms. The first-order chi connectivity index (χ1) is 8.34. The lowest BCUT2D eigenvalue weighted by Crippen LogP contribution is -2.50. The highest BCUT2D eigenvalue weighted by molar-refractivity contribution is 4.83. The minimum absolute atomic E-state index is 0.331. The molecule has 3 unspecified atom stereocenters. The van der Waals surface area contributed by atoms with Crippen molar-refractivity contribution in [3.63, 3.8) is 0 Å². The van der Waals surface area contributed by atoms with E-state index in [-0.39, 0.29) is 0 Å². The number of rotatable bonds is 5. The number of hydrogen-bond donors (Lipinski definition) is 1.